The average molecular weight is 334 g/mol. The van der Waals surface area contributed by atoms with E-state index >= 15 is 0 Å². The first-order valence-electron chi connectivity index (χ1n) is 6.67. The van der Waals surface area contributed by atoms with Crippen molar-refractivity contribution in [2.75, 3.05) is 5.32 Å². The molecule has 1 amide bonds. The van der Waals surface area contributed by atoms with E-state index in [1.165, 1.54) is 0 Å². The number of anilines is 1. The Labute approximate surface area is 126 Å². The van der Waals surface area contributed by atoms with Crippen LogP contribution in [0.1, 0.15) is 24.8 Å². The first kappa shape index (κ1) is 13.4. The molecule has 0 bridgehead atoms. The highest BCUT2D eigenvalue weighted by Gasteiger charge is 2.45. The van der Waals surface area contributed by atoms with Gasteiger partial charge in [-0.2, -0.15) is 5.10 Å². The summed E-state index contributed by atoms with van der Waals surface area (Å²) in [5, 5.41) is 7.14. The third-order valence-corrected chi connectivity index (χ3v) is 4.52. The zero-order chi connectivity index (χ0) is 14.2. The van der Waals surface area contributed by atoms with Crippen LogP contribution in [0.2, 0.25) is 0 Å². The van der Waals surface area contributed by atoms with E-state index in [2.05, 4.69) is 26.3 Å². The summed E-state index contributed by atoms with van der Waals surface area (Å²) in [5.74, 6) is 0.658. The van der Waals surface area contributed by atoms with Crippen molar-refractivity contribution in [2.24, 2.45) is 7.05 Å². The number of aromatic nitrogens is 2. The lowest BCUT2D eigenvalue weighted by Crippen LogP contribution is -2.46. The van der Waals surface area contributed by atoms with Crippen molar-refractivity contribution in [3.05, 3.63) is 46.6 Å². The molecule has 1 aromatic carbocycles. The Bertz CT molecular complexity index is 629. The molecule has 0 atom stereocenters. The minimum absolute atomic E-state index is 0.0461. The summed E-state index contributed by atoms with van der Waals surface area (Å²) in [6.45, 7) is 0. The quantitative estimate of drug-likeness (QED) is 0.937. The molecule has 1 fully saturated rings. The van der Waals surface area contributed by atoms with Gasteiger partial charge in [-0.25, -0.2) is 0 Å². The van der Waals surface area contributed by atoms with Crippen LogP contribution in [0.25, 0.3) is 0 Å². The fraction of sp³-hybridized carbons (Fsp3) is 0.333. The van der Waals surface area contributed by atoms with Crippen LogP contribution in [0, 0.1) is 0 Å². The number of hydrogen-bond acceptors (Lipinski definition) is 2. The molecule has 5 heteroatoms. The molecule has 0 unspecified atom stereocenters. The molecule has 0 spiro atoms. The second-order valence-corrected chi connectivity index (χ2v) is 6.19. The third-order valence-electron chi connectivity index (χ3n) is 3.99. The topological polar surface area (TPSA) is 46.9 Å². The molecule has 1 aliphatic rings. The standard InChI is InChI=1S/C15H16BrN3O/c1-19-10-7-13(18-19)17-14(20)15(8-2-9-15)11-3-5-12(16)6-4-11/h3-7,10H,2,8-9H2,1H3,(H,17,18,20). The number of carbonyl (C=O) groups excluding carboxylic acids is 1. The number of benzene rings is 1. The predicted octanol–water partition coefficient (Wildman–Crippen LogP) is 3.24. The molecule has 4 nitrogen and oxygen atoms in total. The van der Waals surface area contributed by atoms with Gasteiger partial charge in [0.1, 0.15) is 0 Å². The van der Waals surface area contributed by atoms with Crippen molar-refractivity contribution in [2.45, 2.75) is 24.7 Å². The second-order valence-electron chi connectivity index (χ2n) is 5.27. The van der Waals surface area contributed by atoms with E-state index < -0.39 is 5.41 Å². The van der Waals surface area contributed by atoms with Gasteiger partial charge in [-0.1, -0.05) is 34.5 Å². The molecule has 1 saturated carbocycles. The molecular formula is C15H16BrN3O. The number of halogens is 1. The van der Waals surface area contributed by atoms with Crippen LogP contribution in [-0.4, -0.2) is 15.7 Å². The molecule has 104 valence electrons. The smallest absolute Gasteiger partial charge is 0.236 e. The van der Waals surface area contributed by atoms with E-state index in [0.29, 0.717) is 5.82 Å². The van der Waals surface area contributed by atoms with Crippen LogP contribution in [0.15, 0.2) is 41.0 Å². The highest BCUT2D eigenvalue weighted by molar-refractivity contribution is 9.10. The third kappa shape index (κ3) is 2.26. The van der Waals surface area contributed by atoms with E-state index in [0.717, 1.165) is 29.3 Å². The molecule has 1 aromatic heterocycles. The number of nitrogens with one attached hydrogen (secondary N) is 1. The minimum atomic E-state index is -0.391. The number of hydrogen-bond donors (Lipinski definition) is 1. The van der Waals surface area contributed by atoms with Gasteiger partial charge >= 0.3 is 0 Å². The summed E-state index contributed by atoms with van der Waals surface area (Å²) in [7, 11) is 1.84. The maximum atomic E-state index is 12.6. The Morgan fingerprint density at radius 3 is 2.50 bits per heavy atom. The number of nitrogens with zero attached hydrogens (tertiary/aromatic N) is 2. The largest absolute Gasteiger partial charge is 0.308 e. The lowest BCUT2D eigenvalue weighted by Gasteiger charge is -2.40. The van der Waals surface area contributed by atoms with E-state index in [-0.39, 0.29) is 5.91 Å². The molecule has 0 aliphatic heterocycles. The Morgan fingerprint density at radius 2 is 2.00 bits per heavy atom. The predicted molar refractivity (Wildman–Crippen MR) is 81.5 cm³/mol. The van der Waals surface area contributed by atoms with Gasteiger partial charge in [-0.3, -0.25) is 9.48 Å². The van der Waals surface area contributed by atoms with Crippen LogP contribution in [0.3, 0.4) is 0 Å². The van der Waals surface area contributed by atoms with Gasteiger partial charge in [-0.05, 0) is 30.5 Å². The normalized spacial score (nSPS) is 16.5. The Balaban J connectivity index is 1.85. The summed E-state index contributed by atoms with van der Waals surface area (Å²) in [6.07, 6.45) is 4.70. The van der Waals surface area contributed by atoms with Crippen LogP contribution in [0.5, 0.6) is 0 Å². The highest BCUT2D eigenvalue weighted by atomic mass is 79.9. The molecule has 1 heterocycles. The van der Waals surface area contributed by atoms with Gasteiger partial charge in [-0.15, -0.1) is 0 Å². The van der Waals surface area contributed by atoms with E-state index in [1.807, 2.05) is 43.6 Å². The molecule has 1 N–H and O–H groups in total. The zero-order valence-electron chi connectivity index (χ0n) is 11.3. The lowest BCUT2D eigenvalue weighted by molar-refractivity contribution is -0.124. The summed E-state index contributed by atoms with van der Waals surface area (Å²) in [4.78, 5) is 12.6. The maximum absolute atomic E-state index is 12.6. The van der Waals surface area contributed by atoms with E-state index in [9.17, 15) is 4.79 Å². The first-order valence-corrected chi connectivity index (χ1v) is 7.47. The molecule has 1 aliphatic carbocycles. The van der Waals surface area contributed by atoms with Gasteiger partial charge in [0.25, 0.3) is 0 Å². The maximum Gasteiger partial charge on any atom is 0.236 e. The first-order chi connectivity index (χ1) is 9.60. The van der Waals surface area contributed by atoms with Crippen molar-refractivity contribution in [1.29, 1.82) is 0 Å². The van der Waals surface area contributed by atoms with Gasteiger partial charge in [0.15, 0.2) is 5.82 Å². The lowest BCUT2D eigenvalue weighted by atomic mass is 9.64. The molecule has 0 radical (unpaired) electrons. The number of rotatable bonds is 3. The minimum Gasteiger partial charge on any atom is -0.308 e. The van der Waals surface area contributed by atoms with Crippen LogP contribution >= 0.6 is 15.9 Å². The van der Waals surface area contributed by atoms with E-state index in [4.69, 9.17) is 0 Å². The average Bonchev–Trinajstić information content (AvgIpc) is 2.76. The summed E-state index contributed by atoms with van der Waals surface area (Å²) in [6, 6.07) is 9.85. The fourth-order valence-corrected chi connectivity index (χ4v) is 2.93. The van der Waals surface area contributed by atoms with Gasteiger partial charge in [0.2, 0.25) is 5.91 Å². The molecule has 2 aromatic rings. The second kappa shape index (κ2) is 5.05. The Kier molecular flexibility index (Phi) is 3.38. The van der Waals surface area contributed by atoms with Gasteiger partial charge in [0, 0.05) is 23.8 Å². The molecule has 3 rings (SSSR count). The van der Waals surface area contributed by atoms with Gasteiger partial charge in [0.05, 0.1) is 5.41 Å². The summed E-state index contributed by atoms with van der Waals surface area (Å²) >= 11 is 3.43. The van der Waals surface area contributed by atoms with E-state index in [1.54, 1.807) is 4.68 Å². The Morgan fingerprint density at radius 1 is 1.30 bits per heavy atom. The SMILES string of the molecule is Cn1ccc(NC(=O)C2(c3ccc(Br)cc3)CCC2)n1. The van der Waals surface area contributed by atoms with Crippen molar-refractivity contribution in [3.8, 4) is 0 Å². The monoisotopic (exact) mass is 333 g/mol. The van der Waals surface area contributed by atoms with Crippen molar-refractivity contribution >= 4 is 27.7 Å². The van der Waals surface area contributed by atoms with Crippen molar-refractivity contribution < 1.29 is 4.79 Å². The molecule has 0 saturated heterocycles. The van der Waals surface area contributed by atoms with Crippen LogP contribution < -0.4 is 5.32 Å². The summed E-state index contributed by atoms with van der Waals surface area (Å²) in [5.41, 5.74) is 0.693. The highest BCUT2D eigenvalue weighted by Crippen LogP contribution is 2.44. The summed E-state index contributed by atoms with van der Waals surface area (Å²) < 4.78 is 2.71. The number of aryl methyl sites for hydroxylation is 1. The van der Waals surface area contributed by atoms with Crippen molar-refractivity contribution in [3.63, 3.8) is 0 Å². The Hall–Kier alpha value is -1.62. The molecular weight excluding hydrogens is 318 g/mol. The van der Waals surface area contributed by atoms with Crippen LogP contribution in [-0.2, 0) is 17.3 Å². The number of carbonyl (C=O) groups is 1. The van der Waals surface area contributed by atoms with Crippen molar-refractivity contribution in [1.82, 2.24) is 9.78 Å². The van der Waals surface area contributed by atoms with Gasteiger partial charge < -0.3 is 5.32 Å². The zero-order valence-corrected chi connectivity index (χ0v) is 12.9. The fourth-order valence-electron chi connectivity index (χ4n) is 2.66. The number of amides is 1. The van der Waals surface area contributed by atoms with Crippen LogP contribution in [0.4, 0.5) is 5.82 Å². The molecule has 20 heavy (non-hydrogen) atoms.